The molecule has 0 atom stereocenters. The first kappa shape index (κ1) is 16.9. The van der Waals surface area contributed by atoms with Gasteiger partial charge in [0.25, 0.3) is 0 Å². The van der Waals surface area contributed by atoms with Gasteiger partial charge in [0, 0.05) is 30.0 Å². The molecule has 1 saturated carbocycles. The molecule has 132 valence electrons. The maximum Gasteiger partial charge on any atom is 0.404 e. The van der Waals surface area contributed by atoms with Crippen LogP contribution >= 0.6 is 0 Å². The molecule has 0 spiro atoms. The third kappa shape index (κ3) is 4.52. The Labute approximate surface area is 144 Å². The summed E-state index contributed by atoms with van der Waals surface area (Å²) >= 11 is 0. The first-order valence-electron chi connectivity index (χ1n) is 8.08. The number of nitrogens with zero attached hydrogens (tertiary/aromatic N) is 4. The van der Waals surface area contributed by atoms with Crippen molar-refractivity contribution in [2.45, 2.75) is 37.8 Å². The van der Waals surface area contributed by atoms with Gasteiger partial charge in [-0.15, -0.1) is 0 Å². The normalized spacial score (nSPS) is 19.9. The second kappa shape index (κ2) is 7.73. The molecule has 9 heteroatoms. The summed E-state index contributed by atoms with van der Waals surface area (Å²) in [6.07, 6.45) is 9.09. The van der Waals surface area contributed by atoms with Crippen LogP contribution in [-0.2, 0) is 0 Å². The van der Waals surface area contributed by atoms with Crippen LogP contribution in [0.15, 0.2) is 24.8 Å². The quantitative estimate of drug-likeness (QED) is 0.752. The highest BCUT2D eigenvalue weighted by atomic mass is 16.5. The topological polar surface area (TPSA) is 122 Å². The van der Waals surface area contributed by atoms with Gasteiger partial charge >= 0.3 is 12.1 Å². The van der Waals surface area contributed by atoms with E-state index in [1.165, 1.54) is 7.11 Å². The molecular weight excluding hydrogens is 324 g/mol. The Morgan fingerprint density at radius 1 is 1.04 bits per heavy atom. The number of ether oxygens (including phenoxy) is 1. The number of carboxylic acid groups (broad SMARTS) is 1. The van der Waals surface area contributed by atoms with E-state index in [0.29, 0.717) is 17.5 Å². The number of methoxy groups -OCH3 is 1. The van der Waals surface area contributed by atoms with Crippen molar-refractivity contribution in [2.24, 2.45) is 0 Å². The highest BCUT2D eigenvalue weighted by molar-refractivity contribution is 5.64. The molecule has 25 heavy (non-hydrogen) atoms. The van der Waals surface area contributed by atoms with Crippen LogP contribution in [0.2, 0.25) is 0 Å². The monoisotopic (exact) mass is 344 g/mol. The number of hydrogen-bond donors (Lipinski definition) is 3. The van der Waals surface area contributed by atoms with Crippen molar-refractivity contribution in [3.8, 4) is 17.3 Å². The van der Waals surface area contributed by atoms with E-state index in [9.17, 15) is 4.79 Å². The van der Waals surface area contributed by atoms with Gasteiger partial charge in [0.1, 0.15) is 5.82 Å². The Balaban J connectivity index is 1.55. The lowest BCUT2D eigenvalue weighted by atomic mass is 9.91. The summed E-state index contributed by atoms with van der Waals surface area (Å²) in [5, 5.41) is 14.6. The van der Waals surface area contributed by atoms with Gasteiger partial charge in [-0.05, 0) is 25.7 Å². The second-order valence-electron chi connectivity index (χ2n) is 5.89. The zero-order valence-corrected chi connectivity index (χ0v) is 13.8. The Hall–Kier alpha value is -2.97. The molecule has 1 aliphatic rings. The van der Waals surface area contributed by atoms with E-state index in [1.807, 2.05) is 0 Å². The summed E-state index contributed by atoms with van der Waals surface area (Å²) in [5.74, 6) is 0.702. The van der Waals surface area contributed by atoms with Crippen molar-refractivity contribution in [2.75, 3.05) is 12.4 Å². The first-order valence-corrected chi connectivity index (χ1v) is 8.08. The third-order valence-corrected chi connectivity index (χ3v) is 4.17. The zero-order valence-electron chi connectivity index (χ0n) is 13.8. The lowest BCUT2D eigenvalue weighted by Crippen LogP contribution is -2.39. The van der Waals surface area contributed by atoms with Crippen molar-refractivity contribution in [3.63, 3.8) is 0 Å². The third-order valence-electron chi connectivity index (χ3n) is 4.17. The average Bonchev–Trinajstić information content (AvgIpc) is 2.64. The summed E-state index contributed by atoms with van der Waals surface area (Å²) in [5.41, 5.74) is 1.45. The maximum absolute atomic E-state index is 10.7. The number of nitrogens with one attached hydrogen (secondary N) is 2. The number of amides is 1. The number of hydrogen-bond acceptors (Lipinski definition) is 7. The van der Waals surface area contributed by atoms with Gasteiger partial charge in [0.15, 0.2) is 0 Å². The predicted octanol–water partition coefficient (Wildman–Crippen LogP) is 1.93. The smallest absolute Gasteiger partial charge is 0.404 e. The van der Waals surface area contributed by atoms with Gasteiger partial charge in [-0.3, -0.25) is 4.98 Å². The summed E-state index contributed by atoms with van der Waals surface area (Å²) in [6.45, 7) is 0. The van der Waals surface area contributed by atoms with Crippen LogP contribution in [0.3, 0.4) is 0 Å². The summed E-state index contributed by atoms with van der Waals surface area (Å²) in [6, 6.07) is 0.624. The van der Waals surface area contributed by atoms with E-state index >= 15 is 0 Å². The van der Waals surface area contributed by atoms with Gasteiger partial charge in [-0.1, -0.05) is 0 Å². The molecule has 0 saturated heterocycles. The number of carbonyl (C=O) groups is 1. The molecule has 2 aromatic rings. The van der Waals surface area contributed by atoms with Crippen LogP contribution in [0, 0.1) is 0 Å². The number of rotatable bonds is 5. The number of anilines is 1. The number of aromatic nitrogens is 4. The van der Waals surface area contributed by atoms with Gasteiger partial charge in [-0.2, -0.15) is 0 Å². The fraction of sp³-hybridized carbons (Fsp3) is 0.438. The Kier molecular flexibility index (Phi) is 5.22. The molecule has 1 aliphatic carbocycles. The Morgan fingerprint density at radius 3 is 2.28 bits per heavy atom. The molecule has 0 aromatic carbocycles. The molecule has 0 unspecified atom stereocenters. The minimum absolute atomic E-state index is 0.0408. The van der Waals surface area contributed by atoms with Crippen LogP contribution in [-0.4, -0.2) is 50.3 Å². The fourth-order valence-electron chi connectivity index (χ4n) is 2.87. The van der Waals surface area contributed by atoms with Gasteiger partial charge in [-0.25, -0.2) is 19.7 Å². The fourth-order valence-corrected chi connectivity index (χ4v) is 2.87. The van der Waals surface area contributed by atoms with Crippen molar-refractivity contribution in [1.29, 1.82) is 0 Å². The minimum Gasteiger partial charge on any atom is -0.467 e. The molecule has 0 aliphatic heterocycles. The molecule has 3 N–H and O–H groups in total. The van der Waals surface area contributed by atoms with Crippen LogP contribution in [0.5, 0.6) is 6.01 Å². The molecule has 0 radical (unpaired) electrons. The van der Waals surface area contributed by atoms with E-state index < -0.39 is 6.09 Å². The van der Waals surface area contributed by atoms with Crippen molar-refractivity contribution in [1.82, 2.24) is 25.3 Å². The van der Waals surface area contributed by atoms with Crippen LogP contribution in [0.1, 0.15) is 25.7 Å². The molecule has 1 fully saturated rings. The highest BCUT2D eigenvalue weighted by Crippen LogP contribution is 2.22. The van der Waals surface area contributed by atoms with E-state index in [0.717, 1.165) is 31.2 Å². The van der Waals surface area contributed by atoms with Gasteiger partial charge in [0.2, 0.25) is 0 Å². The first-order chi connectivity index (χ1) is 12.1. The highest BCUT2D eigenvalue weighted by Gasteiger charge is 2.22. The molecule has 0 bridgehead atoms. The second-order valence-corrected chi connectivity index (χ2v) is 5.89. The maximum atomic E-state index is 10.7. The standard InChI is InChI=1S/C16H20N6O3/c1-25-15-19-6-10(7-20-15)13-8-18-14(9-17-13)21-11-2-4-12(5-3-11)22-16(23)24/h6-9,11-12,22H,2-5H2,1H3,(H,18,21)(H,23,24)/t11-,12-. The van der Waals surface area contributed by atoms with Crippen LogP contribution in [0.25, 0.3) is 11.3 Å². The largest absolute Gasteiger partial charge is 0.467 e. The SMILES string of the molecule is COc1ncc(-c2cnc(N[C@H]3CC[C@H](NC(=O)O)CC3)cn2)cn1. The van der Waals surface area contributed by atoms with Crippen LogP contribution in [0.4, 0.5) is 10.6 Å². The molecular formula is C16H20N6O3. The average molecular weight is 344 g/mol. The lowest BCUT2D eigenvalue weighted by Gasteiger charge is -2.29. The molecule has 1 amide bonds. The molecule has 9 nitrogen and oxygen atoms in total. The van der Waals surface area contributed by atoms with E-state index in [-0.39, 0.29) is 12.1 Å². The van der Waals surface area contributed by atoms with Gasteiger partial charge < -0.3 is 20.5 Å². The van der Waals surface area contributed by atoms with E-state index in [2.05, 4.69) is 30.6 Å². The Morgan fingerprint density at radius 2 is 1.72 bits per heavy atom. The van der Waals surface area contributed by atoms with Gasteiger partial charge in [0.05, 0.1) is 25.2 Å². The molecule has 2 aromatic heterocycles. The Bertz CT molecular complexity index is 699. The lowest BCUT2D eigenvalue weighted by molar-refractivity contribution is 0.185. The van der Waals surface area contributed by atoms with Crippen molar-refractivity contribution >= 4 is 11.9 Å². The van der Waals surface area contributed by atoms with E-state index in [4.69, 9.17) is 9.84 Å². The zero-order chi connectivity index (χ0) is 17.6. The molecule has 3 rings (SSSR count). The summed E-state index contributed by atoms with van der Waals surface area (Å²) in [7, 11) is 1.51. The van der Waals surface area contributed by atoms with Crippen molar-refractivity contribution in [3.05, 3.63) is 24.8 Å². The minimum atomic E-state index is -0.958. The summed E-state index contributed by atoms with van der Waals surface area (Å²) < 4.78 is 4.93. The predicted molar refractivity (Wildman–Crippen MR) is 90.4 cm³/mol. The van der Waals surface area contributed by atoms with Crippen molar-refractivity contribution < 1.29 is 14.6 Å². The molecule has 2 heterocycles. The summed E-state index contributed by atoms with van der Waals surface area (Å²) in [4.78, 5) is 27.5. The van der Waals surface area contributed by atoms with Crippen LogP contribution < -0.4 is 15.4 Å². The van der Waals surface area contributed by atoms with E-state index in [1.54, 1.807) is 24.8 Å².